The van der Waals surface area contributed by atoms with Gasteiger partial charge in [-0.3, -0.25) is 0 Å². The summed E-state index contributed by atoms with van der Waals surface area (Å²) >= 11 is 0. The molecule has 3 N–H and O–H groups in total. The maximum atomic E-state index is 9.00. The van der Waals surface area contributed by atoms with Gasteiger partial charge in [0.2, 0.25) is 0 Å². The van der Waals surface area contributed by atoms with E-state index in [2.05, 4.69) is 12.2 Å². The molecular weight excluding hydrogens is 158 g/mol. The van der Waals surface area contributed by atoms with E-state index in [1.807, 2.05) is 0 Å². The first-order valence-corrected chi connectivity index (χ1v) is 4.24. The summed E-state index contributed by atoms with van der Waals surface area (Å²) in [6, 6.07) is 0. The van der Waals surface area contributed by atoms with Crippen LogP contribution in [0.5, 0.6) is 0 Å². The standard InChI is InChI=1S/C8H17NO3/c1-8(5-12-6-8)4-9-2-7(11)3-10/h7,9-11H,2-6H2,1H3. The van der Waals surface area contributed by atoms with Crippen LogP contribution in [0.1, 0.15) is 6.92 Å². The fourth-order valence-corrected chi connectivity index (χ4v) is 1.16. The van der Waals surface area contributed by atoms with E-state index in [1.165, 1.54) is 0 Å². The highest BCUT2D eigenvalue weighted by molar-refractivity contribution is 4.83. The first-order valence-electron chi connectivity index (χ1n) is 4.24. The lowest BCUT2D eigenvalue weighted by atomic mass is 9.89. The second-order valence-corrected chi connectivity index (χ2v) is 3.77. The van der Waals surface area contributed by atoms with Crippen molar-refractivity contribution in [1.29, 1.82) is 0 Å². The SMILES string of the molecule is CC1(CNCC(O)CO)COC1. The third kappa shape index (κ3) is 2.71. The van der Waals surface area contributed by atoms with Crippen molar-refractivity contribution >= 4 is 0 Å². The van der Waals surface area contributed by atoms with E-state index in [0.717, 1.165) is 19.8 Å². The third-order valence-corrected chi connectivity index (χ3v) is 2.04. The van der Waals surface area contributed by atoms with E-state index >= 15 is 0 Å². The van der Waals surface area contributed by atoms with Crippen LogP contribution in [0.25, 0.3) is 0 Å². The van der Waals surface area contributed by atoms with Gasteiger partial charge in [-0.25, -0.2) is 0 Å². The first kappa shape index (κ1) is 9.92. The average molecular weight is 175 g/mol. The van der Waals surface area contributed by atoms with E-state index in [9.17, 15) is 0 Å². The van der Waals surface area contributed by atoms with Gasteiger partial charge in [0.1, 0.15) is 0 Å². The Kier molecular flexibility index (Phi) is 3.46. The molecule has 72 valence electrons. The van der Waals surface area contributed by atoms with Crippen molar-refractivity contribution in [2.24, 2.45) is 5.41 Å². The van der Waals surface area contributed by atoms with Gasteiger partial charge in [-0.05, 0) is 0 Å². The number of ether oxygens (including phenoxy) is 1. The minimum absolute atomic E-state index is 0.180. The summed E-state index contributed by atoms with van der Waals surface area (Å²) < 4.78 is 5.07. The highest BCUT2D eigenvalue weighted by atomic mass is 16.5. The maximum absolute atomic E-state index is 9.00. The largest absolute Gasteiger partial charge is 0.394 e. The second kappa shape index (κ2) is 4.18. The van der Waals surface area contributed by atoms with Gasteiger partial charge in [-0.1, -0.05) is 6.92 Å². The quantitative estimate of drug-likeness (QED) is 0.500. The molecule has 0 aromatic heterocycles. The summed E-state index contributed by atoms with van der Waals surface area (Å²) in [6.45, 7) is 4.82. The lowest BCUT2D eigenvalue weighted by molar-refractivity contribution is -0.0998. The number of aliphatic hydroxyl groups is 2. The zero-order valence-electron chi connectivity index (χ0n) is 7.42. The Balaban J connectivity index is 2.01. The topological polar surface area (TPSA) is 61.7 Å². The molecule has 0 spiro atoms. The Morgan fingerprint density at radius 2 is 2.25 bits per heavy atom. The predicted molar refractivity (Wildman–Crippen MR) is 44.9 cm³/mol. The number of hydrogen-bond donors (Lipinski definition) is 3. The summed E-state index contributed by atoms with van der Waals surface area (Å²) in [7, 11) is 0. The molecule has 4 nitrogen and oxygen atoms in total. The number of nitrogens with one attached hydrogen (secondary N) is 1. The minimum atomic E-state index is -0.644. The molecule has 0 bridgehead atoms. The molecular formula is C8H17NO3. The van der Waals surface area contributed by atoms with Crippen molar-refractivity contribution in [3.05, 3.63) is 0 Å². The van der Waals surface area contributed by atoms with Gasteiger partial charge in [-0.15, -0.1) is 0 Å². The van der Waals surface area contributed by atoms with Crippen molar-refractivity contribution < 1.29 is 14.9 Å². The summed E-state index contributed by atoms with van der Waals surface area (Å²) in [5, 5.41) is 20.6. The Bertz CT molecular complexity index is 136. The Morgan fingerprint density at radius 1 is 1.58 bits per heavy atom. The van der Waals surface area contributed by atoms with Crippen LogP contribution in [0.2, 0.25) is 0 Å². The van der Waals surface area contributed by atoms with Crippen molar-refractivity contribution in [3.8, 4) is 0 Å². The van der Waals surface area contributed by atoms with Crippen molar-refractivity contribution in [2.45, 2.75) is 13.0 Å². The molecule has 0 aromatic carbocycles. The molecule has 4 heteroatoms. The highest BCUT2D eigenvalue weighted by Gasteiger charge is 2.32. The van der Waals surface area contributed by atoms with E-state index in [4.69, 9.17) is 14.9 Å². The van der Waals surface area contributed by atoms with Crippen molar-refractivity contribution in [1.82, 2.24) is 5.32 Å². The van der Waals surface area contributed by atoms with Gasteiger partial charge >= 0.3 is 0 Å². The normalized spacial score (nSPS) is 23.2. The van der Waals surface area contributed by atoms with E-state index in [1.54, 1.807) is 0 Å². The molecule has 0 aliphatic carbocycles. The zero-order valence-corrected chi connectivity index (χ0v) is 7.42. The molecule has 1 saturated heterocycles. The van der Waals surface area contributed by atoms with Crippen LogP contribution in [-0.4, -0.2) is 49.2 Å². The molecule has 1 aliphatic heterocycles. The van der Waals surface area contributed by atoms with Gasteiger partial charge < -0.3 is 20.3 Å². The highest BCUT2D eigenvalue weighted by Crippen LogP contribution is 2.24. The molecule has 0 radical (unpaired) electrons. The summed E-state index contributed by atoms with van der Waals surface area (Å²) in [6.07, 6.45) is -0.644. The van der Waals surface area contributed by atoms with Gasteiger partial charge in [0.05, 0.1) is 25.9 Å². The molecule has 1 unspecified atom stereocenters. The van der Waals surface area contributed by atoms with Crippen molar-refractivity contribution in [2.75, 3.05) is 32.9 Å². The predicted octanol–water partition coefficient (Wildman–Crippen LogP) is -1.03. The Labute approximate surface area is 72.5 Å². The third-order valence-electron chi connectivity index (χ3n) is 2.04. The van der Waals surface area contributed by atoms with Crippen LogP contribution in [0.3, 0.4) is 0 Å². The van der Waals surface area contributed by atoms with Crippen molar-refractivity contribution in [3.63, 3.8) is 0 Å². The summed E-state index contributed by atoms with van der Waals surface area (Å²) in [5.41, 5.74) is 0.231. The summed E-state index contributed by atoms with van der Waals surface area (Å²) in [5.74, 6) is 0. The molecule has 0 saturated carbocycles. The van der Waals surface area contributed by atoms with Crippen LogP contribution in [-0.2, 0) is 4.74 Å². The molecule has 1 atom stereocenters. The number of hydrogen-bond acceptors (Lipinski definition) is 4. The average Bonchev–Trinajstić information content (AvgIpc) is 2.01. The smallest absolute Gasteiger partial charge is 0.0894 e. The fraction of sp³-hybridized carbons (Fsp3) is 1.00. The van der Waals surface area contributed by atoms with Gasteiger partial charge in [0, 0.05) is 18.5 Å². The van der Waals surface area contributed by atoms with Gasteiger partial charge in [0.25, 0.3) is 0 Å². The molecule has 12 heavy (non-hydrogen) atoms. The van der Waals surface area contributed by atoms with Crippen LogP contribution in [0.15, 0.2) is 0 Å². The maximum Gasteiger partial charge on any atom is 0.0894 e. The minimum Gasteiger partial charge on any atom is -0.394 e. The fourth-order valence-electron chi connectivity index (χ4n) is 1.16. The van der Waals surface area contributed by atoms with Crippen LogP contribution in [0, 0.1) is 5.41 Å². The van der Waals surface area contributed by atoms with Crippen LogP contribution >= 0.6 is 0 Å². The molecule has 0 amide bonds. The molecule has 1 aliphatic rings. The van der Waals surface area contributed by atoms with E-state index < -0.39 is 6.10 Å². The lowest BCUT2D eigenvalue weighted by Gasteiger charge is -2.38. The lowest BCUT2D eigenvalue weighted by Crippen LogP contribution is -2.48. The monoisotopic (exact) mass is 175 g/mol. The number of rotatable bonds is 5. The zero-order chi connectivity index (χ0) is 9.03. The second-order valence-electron chi connectivity index (χ2n) is 3.77. The van der Waals surface area contributed by atoms with Gasteiger partial charge in [-0.2, -0.15) is 0 Å². The first-order chi connectivity index (χ1) is 5.66. The van der Waals surface area contributed by atoms with E-state index in [0.29, 0.717) is 6.54 Å². The Morgan fingerprint density at radius 3 is 2.67 bits per heavy atom. The van der Waals surface area contributed by atoms with Crippen LogP contribution in [0.4, 0.5) is 0 Å². The van der Waals surface area contributed by atoms with Gasteiger partial charge in [0.15, 0.2) is 0 Å². The summed E-state index contributed by atoms with van der Waals surface area (Å²) in [4.78, 5) is 0. The Hall–Kier alpha value is -0.160. The molecule has 1 fully saturated rings. The van der Waals surface area contributed by atoms with Crippen LogP contribution < -0.4 is 5.32 Å². The molecule has 1 heterocycles. The number of aliphatic hydroxyl groups excluding tert-OH is 2. The van der Waals surface area contributed by atoms with E-state index in [-0.39, 0.29) is 12.0 Å². The molecule has 0 aromatic rings. The molecule has 1 rings (SSSR count).